The van der Waals surface area contributed by atoms with Crippen LogP contribution in [0.3, 0.4) is 0 Å². The zero-order valence-electron chi connectivity index (χ0n) is 18.4. The fourth-order valence-corrected chi connectivity index (χ4v) is 4.44. The topological polar surface area (TPSA) is 91.2 Å². The summed E-state index contributed by atoms with van der Waals surface area (Å²) in [6, 6.07) is 9.53. The molecule has 0 saturated heterocycles. The molecule has 8 nitrogen and oxygen atoms in total. The number of ether oxygens (including phenoxy) is 2. The maximum Gasteiger partial charge on any atom is 0.230 e. The number of aromatic nitrogens is 4. The third-order valence-corrected chi connectivity index (χ3v) is 6.18. The van der Waals surface area contributed by atoms with Crippen LogP contribution in [0.25, 0.3) is 11.4 Å². The van der Waals surface area contributed by atoms with E-state index in [0.717, 1.165) is 33.6 Å². The van der Waals surface area contributed by atoms with Crippen molar-refractivity contribution in [1.82, 2.24) is 25.1 Å². The first-order valence-corrected chi connectivity index (χ1v) is 11.7. The van der Waals surface area contributed by atoms with Crippen molar-refractivity contribution in [2.45, 2.75) is 38.5 Å². The van der Waals surface area contributed by atoms with E-state index < -0.39 is 0 Å². The van der Waals surface area contributed by atoms with Gasteiger partial charge in [0.15, 0.2) is 22.5 Å². The van der Waals surface area contributed by atoms with Gasteiger partial charge in [-0.05, 0) is 42.7 Å². The summed E-state index contributed by atoms with van der Waals surface area (Å²) >= 11 is 1.38. The summed E-state index contributed by atoms with van der Waals surface area (Å²) in [6.45, 7) is 8.01. The summed E-state index contributed by atoms with van der Waals surface area (Å²) in [6.07, 6.45) is 3.46. The molecule has 9 heteroatoms. The molecule has 1 aliphatic heterocycles. The Labute approximate surface area is 191 Å². The Kier molecular flexibility index (Phi) is 6.94. The van der Waals surface area contributed by atoms with Crippen molar-refractivity contribution in [2.24, 2.45) is 5.92 Å². The molecule has 1 aliphatic rings. The molecule has 0 radical (unpaired) electrons. The van der Waals surface area contributed by atoms with Gasteiger partial charge in [0.2, 0.25) is 5.91 Å². The molecule has 1 unspecified atom stereocenters. The minimum Gasteiger partial charge on any atom is -0.486 e. The molecule has 32 heavy (non-hydrogen) atoms. The number of thioether (sulfide) groups is 1. The average molecular weight is 454 g/mol. The van der Waals surface area contributed by atoms with E-state index in [1.165, 1.54) is 11.8 Å². The standard InChI is InChI=1S/C23H27N5O3S/c1-4-28-22(16-7-9-24-10-8-16)26-27-23(28)32-14-20(29)25-21(15(2)3)17-5-6-18-19(13-17)31-12-11-30-18/h5-10,13,15,21H,4,11-12,14H2,1-3H3,(H,25,29). The van der Waals surface area contributed by atoms with Crippen LogP contribution in [-0.2, 0) is 11.3 Å². The minimum atomic E-state index is -0.129. The van der Waals surface area contributed by atoms with Crippen LogP contribution in [0, 0.1) is 5.92 Å². The summed E-state index contributed by atoms with van der Waals surface area (Å²) in [7, 11) is 0. The number of carbonyl (C=O) groups is 1. The predicted molar refractivity (Wildman–Crippen MR) is 123 cm³/mol. The molecule has 1 aromatic carbocycles. The molecule has 0 saturated carbocycles. The average Bonchev–Trinajstić information content (AvgIpc) is 3.24. The summed E-state index contributed by atoms with van der Waals surface area (Å²) in [5, 5.41) is 12.5. The first kappa shape index (κ1) is 22.1. The van der Waals surface area contributed by atoms with Crippen molar-refractivity contribution >= 4 is 17.7 Å². The van der Waals surface area contributed by atoms with E-state index >= 15 is 0 Å². The van der Waals surface area contributed by atoms with Gasteiger partial charge in [-0.3, -0.25) is 9.78 Å². The number of nitrogens with one attached hydrogen (secondary N) is 1. The van der Waals surface area contributed by atoms with Gasteiger partial charge >= 0.3 is 0 Å². The van der Waals surface area contributed by atoms with Gasteiger partial charge in [-0.1, -0.05) is 31.7 Å². The Morgan fingerprint density at radius 2 is 1.88 bits per heavy atom. The number of nitrogens with zero attached hydrogens (tertiary/aromatic N) is 4. The Morgan fingerprint density at radius 1 is 1.12 bits per heavy atom. The zero-order valence-corrected chi connectivity index (χ0v) is 19.3. The molecule has 0 spiro atoms. The van der Waals surface area contributed by atoms with Gasteiger partial charge in [0, 0.05) is 24.5 Å². The first-order valence-electron chi connectivity index (χ1n) is 10.7. The Hall–Kier alpha value is -3.07. The molecule has 2 aromatic heterocycles. The number of rotatable bonds is 8. The molecule has 168 valence electrons. The Balaban J connectivity index is 1.43. The number of carbonyl (C=O) groups excluding carboxylic acids is 1. The van der Waals surface area contributed by atoms with Gasteiger partial charge in [-0.15, -0.1) is 10.2 Å². The van der Waals surface area contributed by atoms with Crippen molar-refractivity contribution in [3.63, 3.8) is 0 Å². The third-order valence-electron chi connectivity index (χ3n) is 5.21. The molecule has 1 N–H and O–H groups in total. The second kappa shape index (κ2) is 10.0. The van der Waals surface area contributed by atoms with Crippen LogP contribution in [0.5, 0.6) is 11.5 Å². The van der Waals surface area contributed by atoms with Gasteiger partial charge in [0.05, 0.1) is 11.8 Å². The molecular weight excluding hydrogens is 426 g/mol. The van der Waals surface area contributed by atoms with Gasteiger partial charge in [0.1, 0.15) is 13.2 Å². The lowest BCUT2D eigenvalue weighted by Crippen LogP contribution is -2.33. The largest absolute Gasteiger partial charge is 0.486 e. The maximum absolute atomic E-state index is 12.8. The number of benzene rings is 1. The van der Waals surface area contributed by atoms with Crippen LogP contribution in [0.4, 0.5) is 0 Å². The second-order valence-electron chi connectivity index (χ2n) is 7.77. The number of hydrogen-bond donors (Lipinski definition) is 1. The highest BCUT2D eigenvalue weighted by Gasteiger charge is 2.22. The van der Waals surface area contributed by atoms with Crippen LogP contribution >= 0.6 is 11.8 Å². The van der Waals surface area contributed by atoms with E-state index in [9.17, 15) is 4.79 Å². The summed E-state index contributed by atoms with van der Waals surface area (Å²) in [4.78, 5) is 16.9. The summed E-state index contributed by atoms with van der Waals surface area (Å²) in [5.41, 5.74) is 1.95. The molecule has 0 aliphatic carbocycles. The zero-order chi connectivity index (χ0) is 22.5. The lowest BCUT2D eigenvalue weighted by atomic mass is 9.95. The van der Waals surface area contributed by atoms with Crippen molar-refractivity contribution in [3.05, 3.63) is 48.3 Å². The normalized spacial score (nSPS) is 13.8. The smallest absolute Gasteiger partial charge is 0.230 e. The van der Waals surface area contributed by atoms with E-state index in [1.54, 1.807) is 12.4 Å². The highest BCUT2D eigenvalue weighted by molar-refractivity contribution is 7.99. The number of pyridine rings is 1. The van der Waals surface area contributed by atoms with E-state index in [-0.39, 0.29) is 23.6 Å². The van der Waals surface area contributed by atoms with Crippen LogP contribution in [-0.4, -0.2) is 44.6 Å². The summed E-state index contributed by atoms with van der Waals surface area (Å²) < 4.78 is 13.3. The number of fused-ring (bicyclic) bond motifs is 1. The number of hydrogen-bond acceptors (Lipinski definition) is 7. The van der Waals surface area contributed by atoms with Crippen LogP contribution in [0.2, 0.25) is 0 Å². The molecule has 0 bridgehead atoms. The highest BCUT2D eigenvalue weighted by atomic mass is 32.2. The maximum atomic E-state index is 12.8. The van der Waals surface area contributed by atoms with E-state index in [2.05, 4.69) is 34.3 Å². The van der Waals surface area contributed by atoms with Gasteiger partial charge in [0.25, 0.3) is 0 Å². The lowest BCUT2D eigenvalue weighted by molar-refractivity contribution is -0.119. The molecule has 1 atom stereocenters. The fraction of sp³-hybridized carbons (Fsp3) is 0.391. The molecule has 0 fully saturated rings. The predicted octanol–water partition coefficient (Wildman–Crippen LogP) is 3.74. The number of amides is 1. The second-order valence-corrected chi connectivity index (χ2v) is 8.71. The van der Waals surface area contributed by atoms with Gasteiger partial charge in [-0.25, -0.2) is 0 Å². The summed E-state index contributed by atoms with van der Waals surface area (Å²) in [5.74, 6) is 2.65. The molecular formula is C23H27N5O3S. The highest BCUT2D eigenvalue weighted by Crippen LogP contribution is 2.34. The van der Waals surface area contributed by atoms with Crippen molar-refractivity contribution in [2.75, 3.05) is 19.0 Å². The quantitative estimate of drug-likeness (QED) is 0.520. The van der Waals surface area contributed by atoms with E-state index in [4.69, 9.17) is 9.47 Å². The van der Waals surface area contributed by atoms with E-state index in [0.29, 0.717) is 19.8 Å². The Morgan fingerprint density at radius 3 is 2.59 bits per heavy atom. The third kappa shape index (κ3) is 4.88. The lowest BCUT2D eigenvalue weighted by Gasteiger charge is -2.25. The van der Waals surface area contributed by atoms with Crippen LogP contribution in [0.1, 0.15) is 32.4 Å². The molecule has 1 amide bonds. The molecule has 3 aromatic rings. The van der Waals surface area contributed by atoms with Gasteiger partial charge < -0.3 is 19.4 Å². The van der Waals surface area contributed by atoms with Crippen molar-refractivity contribution in [3.8, 4) is 22.9 Å². The fourth-order valence-electron chi connectivity index (χ4n) is 3.63. The minimum absolute atomic E-state index is 0.0558. The molecule has 4 rings (SSSR count). The monoisotopic (exact) mass is 453 g/mol. The van der Waals surface area contributed by atoms with E-state index in [1.807, 2.05) is 41.8 Å². The van der Waals surface area contributed by atoms with Crippen molar-refractivity contribution < 1.29 is 14.3 Å². The first-order chi connectivity index (χ1) is 15.6. The van der Waals surface area contributed by atoms with Crippen molar-refractivity contribution in [1.29, 1.82) is 0 Å². The van der Waals surface area contributed by atoms with Gasteiger partial charge in [-0.2, -0.15) is 0 Å². The van der Waals surface area contributed by atoms with Crippen LogP contribution < -0.4 is 14.8 Å². The van der Waals surface area contributed by atoms with Crippen LogP contribution in [0.15, 0.2) is 47.9 Å². The molecule has 3 heterocycles. The SMILES string of the molecule is CCn1c(SCC(=O)NC(c2ccc3c(c2)OCCO3)C(C)C)nnc1-c1ccncc1. The Bertz CT molecular complexity index is 1070.